The third-order valence-corrected chi connectivity index (χ3v) is 1.96. The van der Waals surface area contributed by atoms with Crippen LogP contribution in [-0.4, -0.2) is 6.79 Å². The van der Waals surface area contributed by atoms with Crippen LogP contribution in [0.5, 0.6) is 11.5 Å². The van der Waals surface area contributed by atoms with Crippen molar-refractivity contribution in [2.45, 2.75) is 6.18 Å². The Morgan fingerprint density at radius 3 is 2.60 bits per heavy atom. The molecule has 0 N–H and O–H groups in total. The fourth-order valence-electron chi connectivity index (χ4n) is 1.32. The summed E-state index contributed by atoms with van der Waals surface area (Å²) in [6.07, 6.45) is -4.56. The van der Waals surface area contributed by atoms with E-state index in [1.54, 1.807) is 0 Å². The van der Waals surface area contributed by atoms with Crippen LogP contribution in [-0.2, 0) is 6.18 Å². The predicted octanol–water partition coefficient (Wildman–Crippen LogP) is 2.31. The minimum atomic E-state index is -4.56. The molecule has 1 aromatic carbocycles. The number of nitriles is 1. The largest absolute Gasteiger partial charge is 0.454 e. The summed E-state index contributed by atoms with van der Waals surface area (Å²) in [5.74, 6) is 0.0341. The third kappa shape index (κ3) is 1.46. The maximum Gasteiger partial charge on any atom is 0.417 e. The van der Waals surface area contributed by atoms with Gasteiger partial charge in [0.25, 0.3) is 0 Å². The van der Waals surface area contributed by atoms with E-state index in [9.17, 15) is 13.2 Å². The molecule has 3 nitrogen and oxygen atoms in total. The van der Waals surface area contributed by atoms with Gasteiger partial charge in [-0.3, -0.25) is 0 Å². The van der Waals surface area contributed by atoms with E-state index >= 15 is 0 Å². The molecular formula is C9H4F3NO2. The van der Waals surface area contributed by atoms with Gasteiger partial charge in [0.2, 0.25) is 6.79 Å². The summed E-state index contributed by atoms with van der Waals surface area (Å²) in [6, 6.07) is 3.43. The van der Waals surface area contributed by atoms with Gasteiger partial charge >= 0.3 is 6.18 Å². The number of rotatable bonds is 0. The van der Waals surface area contributed by atoms with Crippen molar-refractivity contribution in [2.75, 3.05) is 6.79 Å². The molecule has 0 unspecified atom stereocenters. The number of halogens is 3. The van der Waals surface area contributed by atoms with Crippen LogP contribution < -0.4 is 9.47 Å². The Kier molecular flexibility index (Phi) is 1.96. The molecule has 1 heterocycles. The van der Waals surface area contributed by atoms with Gasteiger partial charge in [-0.15, -0.1) is 0 Å². The van der Waals surface area contributed by atoms with Crippen molar-refractivity contribution in [3.8, 4) is 17.6 Å². The van der Waals surface area contributed by atoms with Crippen LogP contribution in [0.15, 0.2) is 12.1 Å². The summed E-state index contributed by atoms with van der Waals surface area (Å²) in [4.78, 5) is 0. The van der Waals surface area contributed by atoms with Crippen molar-refractivity contribution in [3.63, 3.8) is 0 Å². The monoisotopic (exact) mass is 215 g/mol. The Balaban J connectivity index is 2.65. The highest BCUT2D eigenvalue weighted by atomic mass is 19.4. The van der Waals surface area contributed by atoms with Crippen molar-refractivity contribution in [1.29, 1.82) is 5.26 Å². The van der Waals surface area contributed by atoms with Crippen molar-refractivity contribution < 1.29 is 22.6 Å². The summed E-state index contributed by atoms with van der Waals surface area (Å²) in [5.41, 5.74) is -1.54. The Morgan fingerprint density at radius 1 is 1.27 bits per heavy atom. The van der Waals surface area contributed by atoms with E-state index in [1.165, 1.54) is 6.07 Å². The molecule has 1 aliphatic rings. The second-order valence-electron chi connectivity index (χ2n) is 2.83. The van der Waals surface area contributed by atoms with Crippen molar-refractivity contribution in [2.24, 2.45) is 0 Å². The number of nitrogens with zero attached hydrogens (tertiary/aromatic N) is 1. The van der Waals surface area contributed by atoms with Gasteiger partial charge in [-0.2, -0.15) is 18.4 Å². The topological polar surface area (TPSA) is 42.2 Å². The van der Waals surface area contributed by atoms with E-state index < -0.39 is 17.3 Å². The highest BCUT2D eigenvalue weighted by molar-refractivity contribution is 5.58. The number of fused-ring (bicyclic) bond motifs is 1. The van der Waals surface area contributed by atoms with E-state index in [1.807, 2.05) is 0 Å². The van der Waals surface area contributed by atoms with E-state index in [0.717, 1.165) is 12.1 Å². The van der Waals surface area contributed by atoms with Crippen molar-refractivity contribution in [3.05, 3.63) is 23.3 Å². The first-order chi connectivity index (χ1) is 7.04. The van der Waals surface area contributed by atoms with E-state index in [0.29, 0.717) is 0 Å². The summed E-state index contributed by atoms with van der Waals surface area (Å²) in [7, 11) is 0. The van der Waals surface area contributed by atoms with Gasteiger partial charge < -0.3 is 9.47 Å². The number of hydrogen-bond donors (Lipinski definition) is 0. The summed E-state index contributed by atoms with van der Waals surface area (Å²) >= 11 is 0. The minimum absolute atomic E-state index is 0.132. The Labute approximate surface area is 82.6 Å². The lowest BCUT2D eigenvalue weighted by Gasteiger charge is -2.09. The average Bonchev–Trinajstić information content (AvgIpc) is 2.61. The van der Waals surface area contributed by atoms with E-state index in [4.69, 9.17) is 14.7 Å². The molecule has 0 atom stereocenters. The SMILES string of the molecule is N#Cc1c(C(F)(F)F)ccc2c1OCO2. The second-order valence-corrected chi connectivity index (χ2v) is 2.83. The lowest BCUT2D eigenvalue weighted by Crippen LogP contribution is -2.08. The fourth-order valence-corrected chi connectivity index (χ4v) is 1.32. The molecule has 6 heteroatoms. The van der Waals surface area contributed by atoms with E-state index in [2.05, 4.69) is 0 Å². The molecule has 1 aliphatic heterocycles. The quantitative estimate of drug-likeness (QED) is 0.666. The molecule has 0 saturated carbocycles. The molecule has 2 rings (SSSR count). The second kappa shape index (κ2) is 3.05. The Hall–Kier alpha value is -1.90. The molecule has 0 fully saturated rings. The molecule has 0 bridgehead atoms. The summed E-state index contributed by atoms with van der Waals surface area (Å²) in [5, 5.41) is 8.66. The van der Waals surface area contributed by atoms with Crippen LogP contribution in [0.1, 0.15) is 11.1 Å². The first-order valence-electron chi connectivity index (χ1n) is 3.94. The van der Waals surface area contributed by atoms with Crippen LogP contribution >= 0.6 is 0 Å². The number of benzene rings is 1. The van der Waals surface area contributed by atoms with Crippen LogP contribution in [0.3, 0.4) is 0 Å². The number of hydrogen-bond acceptors (Lipinski definition) is 3. The third-order valence-electron chi connectivity index (χ3n) is 1.96. The van der Waals surface area contributed by atoms with Gasteiger partial charge in [0.15, 0.2) is 11.5 Å². The van der Waals surface area contributed by atoms with Crippen LogP contribution in [0.2, 0.25) is 0 Å². The van der Waals surface area contributed by atoms with Gasteiger partial charge in [0.05, 0.1) is 5.56 Å². The summed E-state index contributed by atoms with van der Waals surface area (Å²) < 4.78 is 47.0. The average molecular weight is 215 g/mol. The smallest absolute Gasteiger partial charge is 0.417 e. The van der Waals surface area contributed by atoms with Crippen LogP contribution in [0.4, 0.5) is 13.2 Å². The molecular weight excluding hydrogens is 211 g/mol. The van der Waals surface area contributed by atoms with Crippen LogP contribution in [0.25, 0.3) is 0 Å². The molecule has 0 spiro atoms. The van der Waals surface area contributed by atoms with Gasteiger partial charge in [-0.05, 0) is 12.1 Å². The molecule has 0 aliphatic carbocycles. The standard InChI is InChI=1S/C9H4F3NO2/c10-9(11,12)6-1-2-7-8(5(6)3-13)15-4-14-7/h1-2H,4H2. The highest BCUT2D eigenvalue weighted by Gasteiger charge is 2.37. The molecule has 0 aromatic heterocycles. The Morgan fingerprint density at radius 2 is 2.00 bits per heavy atom. The first kappa shape index (κ1) is 9.65. The van der Waals surface area contributed by atoms with Crippen LogP contribution in [0, 0.1) is 11.3 Å². The molecule has 0 radical (unpaired) electrons. The van der Waals surface area contributed by atoms with Gasteiger partial charge in [-0.25, -0.2) is 0 Å². The van der Waals surface area contributed by atoms with E-state index in [-0.39, 0.29) is 18.3 Å². The zero-order valence-electron chi connectivity index (χ0n) is 7.26. The van der Waals surface area contributed by atoms with Crippen molar-refractivity contribution in [1.82, 2.24) is 0 Å². The molecule has 1 aromatic rings. The Bertz CT molecular complexity index is 448. The lowest BCUT2D eigenvalue weighted by molar-refractivity contribution is -0.137. The molecule has 78 valence electrons. The van der Waals surface area contributed by atoms with Gasteiger partial charge in [-0.1, -0.05) is 0 Å². The van der Waals surface area contributed by atoms with Gasteiger partial charge in [0, 0.05) is 0 Å². The normalized spacial score (nSPS) is 13.7. The van der Waals surface area contributed by atoms with Gasteiger partial charge in [0.1, 0.15) is 11.6 Å². The predicted molar refractivity (Wildman–Crippen MR) is 42.3 cm³/mol. The number of alkyl halides is 3. The maximum atomic E-state index is 12.5. The minimum Gasteiger partial charge on any atom is -0.454 e. The maximum absolute atomic E-state index is 12.5. The molecule has 0 saturated heterocycles. The fraction of sp³-hybridized carbons (Fsp3) is 0.222. The first-order valence-corrected chi connectivity index (χ1v) is 3.94. The molecule has 0 amide bonds. The highest BCUT2D eigenvalue weighted by Crippen LogP contribution is 2.42. The van der Waals surface area contributed by atoms with Crippen molar-refractivity contribution >= 4 is 0 Å². The summed E-state index contributed by atoms with van der Waals surface area (Å²) in [6.45, 7) is -0.161. The number of ether oxygens (including phenoxy) is 2. The zero-order chi connectivity index (χ0) is 11.1. The zero-order valence-corrected chi connectivity index (χ0v) is 7.26. The molecule has 15 heavy (non-hydrogen) atoms. The lowest BCUT2D eigenvalue weighted by atomic mass is 10.1.